The Labute approximate surface area is 205 Å². The van der Waals surface area contributed by atoms with Crippen molar-refractivity contribution in [1.82, 2.24) is 9.88 Å². The van der Waals surface area contributed by atoms with E-state index in [-0.39, 0.29) is 9.92 Å². The van der Waals surface area contributed by atoms with Gasteiger partial charge in [-0.1, -0.05) is 78.4 Å². The summed E-state index contributed by atoms with van der Waals surface area (Å²) in [6, 6.07) is 26.8. The molecule has 0 radical (unpaired) electrons. The monoisotopic (exact) mass is 482 g/mol. The SMILES string of the molecule is Cc1ccc(S(=O)(=O)/C(=C/c2c(-c3ccccc3)c(-c3ccccc3)c3n2CCC3)NC=O)cc1. The molecule has 0 fully saturated rings. The zero-order chi connectivity index (χ0) is 24.4. The molecular formula is C29H26N2O3S. The van der Waals surface area contributed by atoms with Gasteiger partial charge in [0.05, 0.1) is 10.6 Å². The minimum absolute atomic E-state index is 0.139. The second-order valence-corrected chi connectivity index (χ2v) is 10.6. The van der Waals surface area contributed by atoms with E-state index in [2.05, 4.69) is 22.0 Å². The van der Waals surface area contributed by atoms with Crippen LogP contribution in [0, 0.1) is 6.92 Å². The lowest BCUT2D eigenvalue weighted by atomic mass is 9.94. The number of fused-ring (bicyclic) bond motifs is 1. The van der Waals surface area contributed by atoms with Crippen LogP contribution >= 0.6 is 0 Å². The number of sulfone groups is 1. The Bertz CT molecular complexity index is 1500. The molecule has 1 aliphatic heterocycles. The van der Waals surface area contributed by atoms with Gasteiger partial charge in [0.15, 0.2) is 0 Å². The van der Waals surface area contributed by atoms with Gasteiger partial charge in [-0.15, -0.1) is 0 Å². The number of hydrogen-bond donors (Lipinski definition) is 1. The highest BCUT2D eigenvalue weighted by atomic mass is 32.2. The average Bonchev–Trinajstić information content (AvgIpc) is 3.46. The number of carbonyl (C=O) groups is 1. The molecule has 0 bridgehead atoms. The predicted octanol–water partition coefficient (Wildman–Crippen LogP) is 5.60. The van der Waals surface area contributed by atoms with Crippen molar-refractivity contribution in [3.05, 3.63) is 107 Å². The van der Waals surface area contributed by atoms with E-state index in [1.54, 1.807) is 30.3 Å². The van der Waals surface area contributed by atoms with E-state index in [1.807, 2.05) is 55.5 Å². The molecule has 5 nitrogen and oxygen atoms in total. The first-order valence-corrected chi connectivity index (χ1v) is 13.1. The Morgan fingerprint density at radius 2 is 1.46 bits per heavy atom. The lowest BCUT2D eigenvalue weighted by Crippen LogP contribution is -2.20. The van der Waals surface area contributed by atoms with Gasteiger partial charge in [-0.05, 0) is 49.1 Å². The van der Waals surface area contributed by atoms with Gasteiger partial charge in [0.1, 0.15) is 5.03 Å². The third kappa shape index (κ3) is 4.21. The van der Waals surface area contributed by atoms with Crippen molar-refractivity contribution >= 4 is 22.3 Å². The summed E-state index contributed by atoms with van der Waals surface area (Å²) in [6.45, 7) is 2.69. The number of hydrogen-bond acceptors (Lipinski definition) is 3. The number of carbonyl (C=O) groups excluding carboxylic acids is 1. The van der Waals surface area contributed by atoms with Gasteiger partial charge in [0.2, 0.25) is 16.2 Å². The molecule has 6 heteroatoms. The second kappa shape index (κ2) is 9.39. The Morgan fingerprint density at radius 1 is 0.857 bits per heavy atom. The van der Waals surface area contributed by atoms with Crippen molar-refractivity contribution in [2.45, 2.75) is 31.2 Å². The second-order valence-electron chi connectivity index (χ2n) is 8.66. The van der Waals surface area contributed by atoms with E-state index < -0.39 is 9.84 Å². The summed E-state index contributed by atoms with van der Waals surface area (Å²) in [5, 5.41) is 2.34. The molecule has 1 N–H and O–H groups in total. The smallest absolute Gasteiger partial charge is 0.221 e. The van der Waals surface area contributed by atoms with Crippen LogP contribution in [0.5, 0.6) is 0 Å². The fraction of sp³-hybridized carbons (Fsp3) is 0.138. The standard InChI is InChI=1S/C29H26N2O3S/c1-21-14-16-24(17-15-21)35(33,34)27(30-20-32)19-26-29(23-11-6-3-7-12-23)28(22-9-4-2-5-10-22)25-13-8-18-31(25)26/h2-7,9-12,14-17,19-20H,8,13,18H2,1H3,(H,30,32)/b27-19+. The number of rotatable bonds is 7. The van der Waals surface area contributed by atoms with E-state index >= 15 is 0 Å². The fourth-order valence-corrected chi connectivity index (χ4v) is 6.01. The zero-order valence-corrected chi connectivity index (χ0v) is 20.3. The highest BCUT2D eigenvalue weighted by Gasteiger charge is 2.29. The van der Waals surface area contributed by atoms with Crippen LogP contribution in [0.15, 0.2) is 94.9 Å². The van der Waals surface area contributed by atoms with E-state index in [9.17, 15) is 13.2 Å². The van der Waals surface area contributed by atoms with Crippen LogP contribution in [-0.2, 0) is 27.6 Å². The molecule has 0 saturated heterocycles. The van der Waals surface area contributed by atoms with Crippen LogP contribution in [0.25, 0.3) is 28.3 Å². The van der Waals surface area contributed by atoms with Crippen molar-refractivity contribution < 1.29 is 13.2 Å². The van der Waals surface area contributed by atoms with Crippen LogP contribution < -0.4 is 5.32 Å². The van der Waals surface area contributed by atoms with Crippen molar-refractivity contribution in [3.63, 3.8) is 0 Å². The van der Waals surface area contributed by atoms with Crippen LogP contribution in [0.3, 0.4) is 0 Å². The average molecular weight is 483 g/mol. The molecule has 1 aromatic heterocycles. The maximum atomic E-state index is 13.6. The van der Waals surface area contributed by atoms with Gasteiger partial charge in [-0.2, -0.15) is 0 Å². The molecule has 1 amide bonds. The van der Waals surface area contributed by atoms with E-state index in [4.69, 9.17) is 0 Å². The summed E-state index contributed by atoms with van der Waals surface area (Å²) < 4.78 is 29.3. The predicted molar refractivity (Wildman–Crippen MR) is 139 cm³/mol. The number of aryl methyl sites for hydroxylation is 1. The maximum Gasteiger partial charge on any atom is 0.221 e. The van der Waals surface area contributed by atoms with Gasteiger partial charge in [0.25, 0.3) is 0 Å². The summed E-state index contributed by atoms with van der Waals surface area (Å²) in [5.74, 6) is 0. The molecule has 0 saturated carbocycles. The quantitative estimate of drug-likeness (QED) is 0.349. The summed E-state index contributed by atoms with van der Waals surface area (Å²) in [5.41, 5.74) is 7.08. The molecule has 0 aliphatic carbocycles. The minimum atomic E-state index is -3.94. The molecule has 2 heterocycles. The summed E-state index contributed by atoms with van der Waals surface area (Å²) >= 11 is 0. The number of amides is 1. The normalized spacial score (nSPS) is 13.5. The highest BCUT2D eigenvalue weighted by molar-refractivity contribution is 7.95. The van der Waals surface area contributed by atoms with Gasteiger partial charge in [0, 0.05) is 23.4 Å². The van der Waals surface area contributed by atoms with Crippen molar-refractivity contribution in [1.29, 1.82) is 0 Å². The van der Waals surface area contributed by atoms with Crippen LogP contribution in [-0.4, -0.2) is 19.4 Å². The van der Waals surface area contributed by atoms with Gasteiger partial charge in [-0.25, -0.2) is 8.42 Å². The molecule has 176 valence electrons. The van der Waals surface area contributed by atoms with E-state index in [0.717, 1.165) is 52.9 Å². The summed E-state index contributed by atoms with van der Waals surface area (Å²) in [6.07, 6.45) is 3.92. The molecule has 0 atom stereocenters. The van der Waals surface area contributed by atoms with Crippen LogP contribution in [0.1, 0.15) is 23.4 Å². The van der Waals surface area contributed by atoms with Crippen molar-refractivity contribution in [2.24, 2.45) is 0 Å². The van der Waals surface area contributed by atoms with Gasteiger partial charge in [-0.3, -0.25) is 4.79 Å². The molecular weight excluding hydrogens is 456 g/mol. The fourth-order valence-electron chi connectivity index (χ4n) is 4.79. The third-order valence-corrected chi connectivity index (χ3v) is 8.13. The molecule has 3 aromatic carbocycles. The Hall–Kier alpha value is -3.90. The molecule has 5 rings (SSSR count). The first kappa shape index (κ1) is 22.9. The van der Waals surface area contributed by atoms with Crippen LogP contribution in [0.2, 0.25) is 0 Å². The first-order chi connectivity index (χ1) is 17.0. The van der Waals surface area contributed by atoms with E-state index in [0.29, 0.717) is 6.41 Å². The maximum absolute atomic E-state index is 13.6. The molecule has 0 spiro atoms. The number of nitrogens with one attached hydrogen (secondary N) is 1. The first-order valence-electron chi connectivity index (χ1n) is 11.6. The Balaban J connectivity index is 1.79. The van der Waals surface area contributed by atoms with Crippen molar-refractivity contribution in [2.75, 3.05) is 0 Å². The van der Waals surface area contributed by atoms with Crippen molar-refractivity contribution in [3.8, 4) is 22.3 Å². The number of nitrogens with zero attached hydrogens (tertiary/aromatic N) is 1. The minimum Gasteiger partial charge on any atom is -0.344 e. The van der Waals surface area contributed by atoms with Crippen LogP contribution in [0.4, 0.5) is 0 Å². The Kier molecular flexibility index (Phi) is 6.14. The number of benzene rings is 3. The highest BCUT2D eigenvalue weighted by Crippen LogP contribution is 2.43. The summed E-state index contributed by atoms with van der Waals surface area (Å²) in [4.78, 5) is 11.7. The molecule has 35 heavy (non-hydrogen) atoms. The third-order valence-electron chi connectivity index (χ3n) is 6.42. The lowest BCUT2D eigenvalue weighted by Gasteiger charge is -2.12. The topological polar surface area (TPSA) is 68.2 Å². The zero-order valence-electron chi connectivity index (χ0n) is 19.4. The van der Waals surface area contributed by atoms with E-state index in [1.165, 1.54) is 5.69 Å². The molecule has 1 aliphatic rings. The lowest BCUT2D eigenvalue weighted by molar-refractivity contribution is -0.108. The number of aromatic nitrogens is 1. The Morgan fingerprint density at radius 3 is 2.06 bits per heavy atom. The molecule has 0 unspecified atom stereocenters. The summed E-state index contributed by atoms with van der Waals surface area (Å²) in [7, 11) is -3.94. The molecule has 4 aromatic rings. The van der Waals surface area contributed by atoms with Gasteiger partial charge >= 0.3 is 0 Å². The largest absolute Gasteiger partial charge is 0.344 e. The van der Waals surface area contributed by atoms with Gasteiger partial charge < -0.3 is 9.88 Å².